The third-order valence-electron chi connectivity index (χ3n) is 4.20. The molecule has 2 aromatic heterocycles. The van der Waals surface area contributed by atoms with Crippen LogP contribution in [0.1, 0.15) is 35.6 Å². The molecule has 0 radical (unpaired) electrons. The maximum atomic E-state index is 9.14. The number of aliphatic hydroxyl groups excluding tert-OH is 1. The molecule has 4 nitrogen and oxygen atoms in total. The van der Waals surface area contributed by atoms with Gasteiger partial charge in [-0.05, 0) is 61.4 Å². The molecule has 4 heteroatoms. The molecule has 3 aromatic rings. The van der Waals surface area contributed by atoms with Crippen molar-refractivity contribution in [3.05, 3.63) is 47.2 Å². The van der Waals surface area contributed by atoms with Crippen LogP contribution in [0, 0.1) is 6.92 Å². The van der Waals surface area contributed by atoms with Gasteiger partial charge >= 0.3 is 0 Å². The van der Waals surface area contributed by atoms with Crippen LogP contribution in [0.5, 0.6) is 0 Å². The lowest BCUT2D eigenvalue weighted by Crippen LogP contribution is -1.95. The van der Waals surface area contributed by atoms with Crippen molar-refractivity contribution in [1.82, 2.24) is 10.1 Å². The normalized spacial score (nSPS) is 14.6. The fraction of sp³-hybridized carbons (Fsp3) is 0.333. The zero-order chi connectivity index (χ0) is 15.1. The third kappa shape index (κ3) is 2.40. The number of aryl methyl sites for hydroxylation is 1. The van der Waals surface area contributed by atoms with Crippen molar-refractivity contribution in [2.45, 2.75) is 32.1 Å². The summed E-state index contributed by atoms with van der Waals surface area (Å²) in [4.78, 5) is 4.73. The molecule has 112 valence electrons. The van der Waals surface area contributed by atoms with Crippen LogP contribution in [0.15, 0.2) is 34.9 Å². The van der Waals surface area contributed by atoms with Crippen molar-refractivity contribution < 1.29 is 9.63 Å². The van der Waals surface area contributed by atoms with E-state index < -0.39 is 0 Å². The Morgan fingerprint density at radius 3 is 2.77 bits per heavy atom. The van der Waals surface area contributed by atoms with E-state index in [1.165, 1.54) is 23.8 Å². The first kappa shape index (κ1) is 13.5. The largest absolute Gasteiger partial charge is 0.396 e. The monoisotopic (exact) mass is 294 g/mol. The summed E-state index contributed by atoms with van der Waals surface area (Å²) in [7, 11) is 0. The molecule has 1 aliphatic rings. The Balaban J connectivity index is 1.89. The first-order valence-corrected chi connectivity index (χ1v) is 7.73. The van der Waals surface area contributed by atoms with Crippen LogP contribution in [0.25, 0.3) is 22.4 Å². The lowest BCUT2D eigenvalue weighted by atomic mass is 10.00. The first-order valence-electron chi connectivity index (χ1n) is 7.73. The van der Waals surface area contributed by atoms with E-state index in [1.54, 1.807) is 0 Å². The van der Waals surface area contributed by atoms with Crippen LogP contribution in [-0.2, 0) is 6.42 Å². The Morgan fingerprint density at radius 2 is 2.09 bits per heavy atom. The number of hydrogen-bond donors (Lipinski definition) is 1. The number of benzene rings is 1. The van der Waals surface area contributed by atoms with Gasteiger partial charge in [0.15, 0.2) is 5.76 Å². The van der Waals surface area contributed by atoms with Crippen LogP contribution in [-0.4, -0.2) is 21.9 Å². The minimum Gasteiger partial charge on any atom is -0.396 e. The summed E-state index contributed by atoms with van der Waals surface area (Å²) in [6, 6.07) is 10.3. The van der Waals surface area contributed by atoms with Gasteiger partial charge in [-0.25, -0.2) is 4.98 Å². The number of aliphatic hydroxyl groups is 1. The molecular weight excluding hydrogens is 276 g/mol. The van der Waals surface area contributed by atoms with E-state index in [9.17, 15) is 0 Å². The van der Waals surface area contributed by atoms with Crippen LogP contribution in [0.4, 0.5) is 0 Å². The summed E-state index contributed by atoms with van der Waals surface area (Å²) in [5.41, 5.74) is 5.19. The van der Waals surface area contributed by atoms with Crippen molar-refractivity contribution in [3.63, 3.8) is 0 Å². The summed E-state index contributed by atoms with van der Waals surface area (Å²) in [6.07, 6.45) is 3.15. The van der Waals surface area contributed by atoms with E-state index in [0.717, 1.165) is 28.2 Å². The highest BCUT2D eigenvalue weighted by atomic mass is 16.5. The predicted molar refractivity (Wildman–Crippen MR) is 84.7 cm³/mol. The quantitative estimate of drug-likeness (QED) is 0.798. The molecule has 2 heterocycles. The SMILES string of the molecule is Cc1cc(-c2cc(C3CC3)c3cc(CCO)ccc3n2)on1. The van der Waals surface area contributed by atoms with Crippen molar-refractivity contribution in [2.75, 3.05) is 6.61 Å². The number of fused-ring (bicyclic) bond motifs is 1. The van der Waals surface area contributed by atoms with Gasteiger partial charge in [-0.3, -0.25) is 0 Å². The molecule has 0 aliphatic heterocycles. The van der Waals surface area contributed by atoms with Gasteiger partial charge in [-0.2, -0.15) is 0 Å². The number of hydrogen-bond acceptors (Lipinski definition) is 4. The molecule has 1 aromatic carbocycles. The first-order chi connectivity index (χ1) is 10.7. The molecule has 0 amide bonds. The van der Waals surface area contributed by atoms with Gasteiger partial charge < -0.3 is 9.63 Å². The van der Waals surface area contributed by atoms with Crippen LogP contribution < -0.4 is 0 Å². The summed E-state index contributed by atoms with van der Waals surface area (Å²) in [5.74, 6) is 1.35. The Labute approximate surface area is 128 Å². The van der Waals surface area contributed by atoms with Crippen LogP contribution >= 0.6 is 0 Å². The molecule has 1 fully saturated rings. The van der Waals surface area contributed by atoms with Gasteiger partial charge in [0.25, 0.3) is 0 Å². The predicted octanol–water partition coefficient (Wildman–Crippen LogP) is 3.61. The summed E-state index contributed by atoms with van der Waals surface area (Å²) in [6.45, 7) is 2.09. The van der Waals surface area contributed by atoms with Gasteiger partial charge in [0.1, 0.15) is 5.69 Å². The van der Waals surface area contributed by atoms with Crippen molar-refractivity contribution in [1.29, 1.82) is 0 Å². The highest BCUT2D eigenvalue weighted by Crippen LogP contribution is 2.44. The van der Waals surface area contributed by atoms with Gasteiger partial charge in [-0.15, -0.1) is 0 Å². The molecule has 0 bridgehead atoms. The second-order valence-electron chi connectivity index (χ2n) is 6.03. The molecule has 0 saturated heterocycles. The molecule has 1 aliphatic carbocycles. The second-order valence-corrected chi connectivity index (χ2v) is 6.03. The molecule has 0 atom stereocenters. The van der Waals surface area contributed by atoms with Gasteiger partial charge in [0.05, 0.1) is 11.2 Å². The minimum atomic E-state index is 0.174. The molecule has 0 spiro atoms. The Bertz CT molecular complexity index is 834. The third-order valence-corrected chi connectivity index (χ3v) is 4.20. The summed E-state index contributed by atoms with van der Waals surface area (Å²) < 4.78 is 5.37. The average molecular weight is 294 g/mol. The highest BCUT2D eigenvalue weighted by molar-refractivity contribution is 5.86. The Kier molecular flexibility index (Phi) is 3.19. The molecule has 22 heavy (non-hydrogen) atoms. The number of rotatable bonds is 4. The van der Waals surface area contributed by atoms with E-state index in [1.807, 2.05) is 25.1 Å². The Hall–Kier alpha value is -2.20. The lowest BCUT2D eigenvalue weighted by molar-refractivity contribution is 0.299. The molecular formula is C18H18N2O2. The van der Waals surface area contributed by atoms with E-state index >= 15 is 0 Å². The topological polar surface area (TPSA) is 59.2 Å². The van der Waals surface area contributed by atoms with Gasteiger partial charge in [0, 0.05) is 18.1 Å². The second kappa shape index (κ2) is 5.21. The van der Waals surface area contributed by atoms with Crippen molar-refractivity contribution in [2.24, 2.45) is 0 Å². The van der Waals surface area contributed by atoms with E-state index in [-0.39, 0.29) is 6.61 Å². The molecule has 4 rings (SSSR count). The van der Waals surface area contributed by atoms with Crippen molar-refractivity contribution >= 4 is 10.9 Å². The Morgan fingerprint density at radius 1 is 1.23 bits per heavy atom. The zero-order valence-electron chi connectivity index (χ0n) is 12.5. The number of nitrogens with zero attached hydrogens (tertiary/aromatic N) is 2. The number of aromatic nitrogens is 2. The van der Waals surface area contributed by atoms with Crippen LogP contribution in [0.2, 0.25) is 0 Å². The van der Waals surface area contributed by atoms with E-state index in [0.29, 0.717) is 12.3 Å². The molecule has 1 N–H and O–H groups in total. The van der Waals surface area contributed by atoms with E-state index in [2.05, 4.69) is 17.3 Å². The summed E-state index contributed by atoms with van der Waals surface area (Å²) in [5, 5.41) is 14.3. The van der Waals surface area contributed by atoms with Crippen molar-refractivity contribution in [3.8, 4) is 11.5 Å². The molecule has 0 unspecified atom stereocenters. The van der Waals surface area contributed by atoms with Crippen LogP contribution in [0.3, 0.4) is 0 Å². The zero-order valence-corrected chi connectivity index (χ0v) is 12.5. The maximum absolute atomic E-state index is 9.14. The highest BCUT2D eigenvalue weighted by Gasteiger charge is 2.27. The fourth-order valence-corrected chi connectivity index (χ4v) is 2.93. The van der Waals surface area contributed by atoms with E-state index in [4.69, 9.17) is 14.6 Å². The minimum absolute atomic E-state index is 0.174. The van der Waals surface area contributed by atoms with Gasteiger partial charge in [0.2, 0.25) is 0 Å². The maximum Gasteiger partial charge on any atom is 0.185 e. The fourth-order valence-electron chi connectivity index (χ4n) is 2.93. The average Bonchev–Trinajstić information content (AvgIpc) is 3.28. The molecule has 1 saturated carbocycles. The number of pyridine rings is 1. The lowest BCUT2D eigenvalue weighted by Gasteiger charge is -2.09. The smallest absolute Gasteiger partial charge is 0.185 e. The summed E-state index contributed by atoms with van der Waals surface area (Å²) >= 11 is 0. The standard InChI is InChI=1S/C18H18N2O2/c1-11-8-18(22-20-11)17-10-14(13-3-4-13)15-9-12(6-7-21)2-5-16(15)19-17/h2,5,8-10,13,21H,3-4,6-7H2,1H3. The van der Waals surface area contributed by atoms with Gasteiger partial charge in [-0.1, -0.05) is 11.2 Å².